The van der Waals surface area contributed by atoms with Gasteiger partial charge in [-0.2, -0.15) is 13.2 Å². The Morgan fingerprint density at radius 3 is 2.00 bits per heavy atom. The Hall–Kier alpha value is -2.58. The molecule has 0 aromatic heterocycles. The Morgan fingerprint density at radius 2 is 1.59 bits per heavy atom. The number of carbonyl (C=O) groups excluding carboxylic acids is 3. The monoisotopic (exact) mass is 387 g/mol. The second-order valence-corrected chi connectivity index (χ2v) is 6.75. The minimum absolute atomic E-state index is 0.0618. The lowest BCUT2D eigenvalue weighted by atomic mass is 10.0. The van der Waals surface area contributed by atoms with E-state index < -0.39 is 41.5 Å². The first kappa shape index (κ1) is 22.5. The zero-order valence-electron chi connectivity index (χ0n) is 15.4. The molecule has 1 rings (SSSR count). The molecular weight excluding hydrogens is 363 g/mol. The Kier molecular flexibility index (Phi) is 7.81. The number of primary amides is 1. The van der Waals surface area contributed by atoms with Gasteiger partial charge in [-0.15, -0.1) is 0 Å². The maximum Gasteiger partial charge on any atom is 0.416 e. The van der Waals surface area contributed by atoms with Crippen LogP contribution in [0.4, 0.5) is 13.2 Å². The third kappa shape index (κ3) is 7.67. The number of hydrogen-bond acceptors (Lipinski definition) is 3. The largest absolute Gasteiger partial charge is 0.416 e. The van der Waals surface area contributed by atoms with Crippen LogP contribution in [0.1, 0.15) is 38.3 Å². The summed E-state index contributed by atoms with van der Waals surface area (Å²) in [6.45, 7) is 5.01. The van der Waals surface area contributed by atoms with Crippen molar-refractivity contribution >= 4 is 17.7 Å². The number of benzene rings is 1. The van der Waals surface area contributed by atoms with Gasteiger partial charge < -0.3 is 16.4 Å². The molecule has 2 atom stereocenters. The molecule has 4 N–H and O–H groups in total. The van der Waals surface area contributed by atoms with Crippen molar-refractivity contribution in [1.82, 2.24) is 10.6 Å². The summed E-state index contributed by atoms with van der Waals surface area (Å²) in [5.74, 6) is -1.69. The second-order valence-electron chi connectivity index (χ2n) is 6.75. The molecule has 0 aliphatic carbocycles. The van der Waals surface area contributed by atoms with E-state index in [1.54, 1.807) is 0 Å². The van der Waals surface area contributed by atoms with Crippen LogP contribution < -0.4 is 16.4 Å². The predicted molar refractivity (Wildman–Crippen MR) is 93.3 cm³/mol. The second kappa shape index (κ2) is 9.38. The minimum atomic E-state index is -4.46. The van der Waals surface area contributed by atoms with Gasteiger partial charge in [0.25, 0.3) is 0 Å². The van der Waals surface area contributed by atoms with Gasteiger partial charge in [-0.1, -0.05) is 26.0 Å². The molecule has 9 heteroatoms. The van der Waals surface area contributed by atoms with Gasteiger partial charge in [0.2, 0.25) is 17.7 Å². The normalized spacial score (nSPS) is 13.7. The molecule has 0 radical (unpaired) electrons. The molecule has 0 unspecified atom stereocenters. The van der Waals surface area contributed by atoms with Crippen LogP contribution in [0.5, 0.6) is 0 Å². The maximum atomic E-state index is 12.6. The Labute approximate surface area is 155 Å². The first-order valence-corrected chi connectivity index (χ1v) is 8.43. The number of alkyl halides is 3. The average molecular weight is 387 g/mol. The molecule has 0 spiro atoms. The van der Waals surface area contributed by atoms with Crippen molar-refractivity contribution in [2.45, 2.75) is 51.9 Å². The van der Waals surface area contributed by atoms with E-state index in [1.165, 1.54) is 19.1 Å². The third-order valence-electron chi connectivity index (χ3n) is 3.78. The quantitative estimate of drug-likeness (QED) is 0.634. The van der Waals surface area contributed by atoms with Crippen LogP contribution in [0.15, 0.2) is 24.3 Å². The highest BCUT2D eigenvalue weighted by molar-refractivity contribution is 5.91. The standard InChI is InChI=1S/C18H24F3N3O3/c1-10(2)8-15(23-11(3)25)17(27)24-14(16(22)26)9-12-4-6-13(7-5-12)18(19,20)21/h4-7,10,14-15H,8-9H2,1-3H3,(H2,22,26)(H,23,25)(H,24,27)/t14-,15-/m0/s1. The number of halogens is 3. The summed E-state index contributed by atoms with van der Waals surface area (Å²) in [7, 11) is 0. The van der Waals surface area contributed by atoms with Gasteiger partial charge >= 0.3 is 6.18 Å². The predicted octanol–water partition coefficient (Wildman–Crippen LogP) is 1.77. The molecule has 0 fully saturated rings. The fourth-order valence-corrected chi connectivity index (χ4v) is 2.51. The molecule has 0 saturated carbocycles. The molecule has 1 aromatic carbocycles. The van der Waals surface area contributed by atoms with Crippen LogP contribution in [0, 0.1) is 5.92 Å². The fourth-order valence-electron chi connectivity index (χ4n) is 2.51. The van der Waals surface area contributed by atoms with Gasteiger partial charge in [0, 0.05) is 13.3 Å². The van der Waals surface area contributed by atoms with Crippen LogP contribution in [0.25, 0.3) is 0 Å². The van der Waals surface area contributed by atoms with Gasteiger partial charge in [-0.3, -0.25) is 14.4 Å². The van der Waals surface area contributed by atoms with Crippen molar-refractivity contribution in [2.24, 2.45) is 11.7 Å². The summed E-state index contributed by atoms with van der Waals surface area (Å²) in [5, 5.41) is 4.99. The molecule has 150 valence electrons. The van der Waals surface area contributed by atoms with E-state index in [1.807, 2.05) is 13.8 Å². The summed E-state index contributed by atoms with van der Waals surface area (Å²) in [4.78, 5) is 35.4. The highest BCUT2D eigenvalue weighted by atomic mass is 19.4. The lowest BCUT2D eigenvalue weighted by Gasteiger charge is -2.23. The zero-order valence-corrected chi connectivity index (χ0v) is 15.4. The van der Waals surface area contributed by atoms with Crippen molar-refractivity contribution in [3.05, 3.63) is 35.4 Å². The van der Waals surface area contributed by atoms with E-state index in [9.17, 15) is 27.6 Å². The number of rotatable bonds is 8. The van der Waals surface area contributed by atoms with Crippen molar-refractivity contribution in [3.63, 3.8) is 0 Å². The summed E-state index contributed by atoms with van der Waals surface area (Å²) in [5.41, 5.74) is 4.91. The maximum absolute atomic E-state index is 12.6. The molecule has 0 saturated heterocycles. The van der Waals surface area contributed by atoms with Crippen LogP contribution in [0.2, 0.25) is 0 Å². The van der Waals surface area contributed by atoms with Crippen LogP contribution in [-0.4, -0.2) is 29.8 Å². The summed E-state index contributed by atoms with van der Waals surface area (Å²) < 4.78 is 37.8. The molecule has 6 nitrogen and oxygen atoms in total. The lowest BCUT2D eigenvalue weighted by molar-refractivity contribution is -0.137. The van der Waals surface area contributed by atoms with E-state index in [4.69, 9.17) is 5.73 Å². The first-order valence-electron chi connectivity index (χ1n) is 8.43. The van der Waals surface area contributed by atoms with Gasteiger partial charge in [0.05, 0.1) is 5.56 Å². The van der Waals surface area contributed by atoms with Gasteiger partial charge in [-0.05, 0) is 30.0 Å². The highest BCUT2D eigenvalue weighted by Crippen LogP contribution is 2.29. The average Bonchev–Trinajstić information content (AvgIpc) is 2.52. The smallest absolute Gasteiger partial charge is 0.368 e. The topological polar surface area (TPSA) is 101 Å². The molecule has 27 heavy (non-hydrogen) atoms. The van der Waals surface area contributed by atoms with Crippen LogP contribution in [-0.2, 0) is 27.0 Å². The molecule has 0 heterocycles. The molecule has 3 amide bonds. The van der Waals surface area contributed by atoms with Crippen molar-refractivity contribution in [3.8, 4) is 0 Å². The number of carbonyl (C=O) groups is 3. The van der Waals surface area contributed by atoms with Crippen LogP contribution in [0.3, 0.4) is 0 Å². The molecule has 0 bridgehead atoms. The van der Waals surface area contributed by atoms with E-state index in [2.05, 4.69) is 10.6 Å². The fraction of sp³-hybridized carbons (Fsp3) is 0.500. The first-order chi connectivity index (χ1) is 12.4. The Balaban J connectivity index is 2.87. The van der Waals surface area contributed by atoms with Gasteiger partial charge in [-0.25, -0.2) is 0 Å². The third-order valence-corrected chi connectivity index (χ3v) is 3.78. The van der Waals surface area contributed by atoms with Gasteiger partial charge in [0.15, 0.2) is 0 Å². The van der Waals surface area contributed by atoms with E-state index in [0.29, 0.717) is 12.0 Å². The minimum Gasteiger partial charge on any atom is -0.368 e. The molecule has 0 aliphatic heterocycles. The van der Waals surface area contributed by atoms with E-state index in [-0.39, 0.29) is 12.3 Å². The van der Waals surface area contributed by atoms with E-state index in [0.717, 1.165) is 12.1 Å². The summed E-state index contributed by atoms with van der Waals surface area (Å²) in [6, 6.07) is 2.30. The molecule has 1 aromatic rings. The van der Waals surface area contributed by atoms with Gasteiger partial charge in [0.1, 0.15) is 12.1 Å². The molecular formula is C18H24F3N3O3. The van der Waals surface area contributed by atoms with Crippen molar-refractivity contribution < 1.29 is 27.6 Å². The summed E-state index contributed by atoms with van der Waals surface area (Å²) >= 11 is 0. The number of nitrogens with two attached hydrogens (primary N) is 1. The van der Waals surface area contributed by atoms with Crippen LogP contribution >= 0.6 is 0 Å². The summed E-state index contributed by atoms with van der Waals surface area (Å²) in [6.07, 6.45) is -4.16. The number of nitrogens with one attached hydrogen (secondary N) is 2. The molecule has 0 aliphatic rings. The highest BCUT2D eigenvalue weighted by Gasteiger charge is 2.30. The van der Waals surface area contributed by atoms with E-state index >= 15 is 0 Å². The number of hydrogen-bond donors (Lipinski definition) is 3. The number of amides is 3. The van der Waals surface area contributed by atoms with Crippen molar-refractivity contribution in [1.29, 1.82) is 0 Å². The van der Waals surface area contributed by atoms with Crippen molar-refractivity contribution in [2.75, 3.05) is 0 Å². The lowest BCUT2D eigenvalue weighted by Crippen LogP contribution is -2.53. The zero-order chi connectivity index (χ0) is 20.8. The SMILES string of the molecule is CC(=O)N[C@@H](CC(C)C)C(=O)N[C@@H](Cc1ccc(C(F)(F)F)cc1)C(N)=O. The Morgan fingerprint density at radius 1 is 1.04 bits per heavy atom. The Bertz CT molecular complexity index is 673.